The van der Waals surface area contributed by atoms with Crippen LogP contribution in [-0.4, -0.2) is 35.3 Å². The third-order valence-corrected chi connectivity index (χ3v) is 2.15. The fourth-order valence-corrected chi connectivity index (χ4v) is 1.50. The monoisotopic (exact) mass is 197 g/mol. The summed E-state index contributed by atoms with van der Waals surface area (Å²) < 4.78 is 1.95. The molecule has 0 aromatic carbocycles. The van der Waals surface area contributed by atoms with E-state index in [1.54, 1.807) is 6.20 Å². The molecule has 0 aliphatic rings. The van der Waals surface area contributed by atoms with E-state index in [2.05, 4.69) is 22.3 Å². The van der Waals surface area contributed by atoms with Gasteiger partial charge in [0.2, 0.25) is 0 Å². The molecule has 1 unspecified atom stereocenters. The zero-order valence-electron chi connectivity index (χ0n) is 9.07. The summed E-state index contributed by atoms with van der Waals surface area (Å²) in [5, 5.41) is 4.21. The van der Waals surface area contributed by atoms with Crippen LogP contribution < -0.4 is 11.3 Å². The highest BCUT2D eigenvalue weighted by atomic mass is 15.3. The standard InChI is InChI=1S/C9H19N5/c1-4-14-9(5-6-11-14)8(12-10)7-13(2)3/h5-6,8,12H,4,7,10H2,1-3H3. The number of likely N-dealkylation sites (N-methyl/N-ethyl adjacent to an activating group) is 1. The van der Waals surface area contributed by atoms with Crippen LogP contribution in [0.1, 0.15) is 18.7 Å². The maximum Gasteiger partial charge on any atom is 0.0755 e. The molecule has 1 rings (SSSR count). The van der Waals surface area contributed by atoms with E-state index in [1.807, 2.05) is 24.8 Å². The maximum atomic E-state index is 5.52. The van der Waals surface area contributed by atoms with Gasteiger partial charge in [0.05, 0.1) is 11.7 Å². The van der Waals surface area contributed by atoms with Crippen LogP contribution in [0.2, 0.25) is 0 Å². The van der Waals surface area contributed by atoms with Gasteiger partial charge in [-0.15, -0.1) is 0 Å². The predicted molar refractivity (Wildman–Crippen MR) is 56.5 cm³/mol. The second-order valence-corrected chi connectivity index (χ2v) is 3.55. The molecule has 0 aliphatic carbocycles. The second-order valence-electron chi connectivity index (χ2n) is 3.55. The Hall–Kier alpha value is -0.910. The minimum atomic E-state index is 0.132. The van der Waals surface area contributed by atoms with Crippen molar-refractivity contribution in [3.8, 4) is 0 Å². The number of aryl methyl sites for hydroxylation is 1. The summed E-state index contributed by atoms with van der Waals surface area (Å²) in [5.74, 6) is 5.52. The maximum absolute atomic E-state index is 5.52. The van der Waals surface area contributed by atoms with E-state index in [4.69, 9.17) is 5.84 Å². The summed E-state index contributed by atoms with van der Waals surface area (Å²) in [6.45, 7) is 3.80. The van der Waals surface area contributed by atoms with Crippen molar-refractivity contribution in [2.24, 2.45) is 5.84 Å². The van der Waals surface area contributed by atoms with Gasteiger partial charge < -0.3 is 4.90 Å². The fraction of sp³-hybridized carbons (Fsp3) is 0.667. The van der Waals surface area contributed by atoms with E-state index in [1.165, 1.54) is 0 Å². The molecule has 0 amide bonds. The van der Waals surface area contributed by atoms with Gasteiger partial charge in [0.15, 0.2) is 0 Å². The Balaban J connectivity index is 2.77. The lowest BCUT2D eigenvalue weighted by molar-refractivity contribution is 0.332. The van der Waals surface area contributed by atoms with Crippen molar-refractivity contribution < 1.29 is 0 Å². The first-order valence-electron chi connectivity index (χ1n) is 4.81. The third-order valence-electron chi connectivity index (χ3n) is 2.15. The minimum Gasteiger partial charge on any atom is -0.307 e. The normalized spacial score (nSPS) is 13.5. The van der Waals surface area contributed by atoms with E-state index in [0.717, 1.165) is 18.8 Å². The SMILES string of the molecule is CCn1nccc1C(CN(C)C)NN. The Kier molecular flexibility index (Phi) is 4.06. The number of nitrogens with two attached hydrogens (primary N) is 1. The van der Waals surface area contributed by atoms with Crippen molar-refractivity contribution in [1.82, 2.24) is 20.1 Å². The molecule has 0 saturated carbocycles. The Morgan fingerprint density at radius 2 is 2.36 bits per heavy atom. The quantitative estimate of drug-likeness (QED) is 0.514. The van der Waals surface area contributed by atoms with Gasteiger partial charge in [-0.05, 0) is 27.1 Å². The molecule has 0 spiro atoms. The smallest absolute Gasteiger partial charge is 0.0755 e. The van der Waals surface area contributed by atoms with Crippen molar-refractivity contribution in [3.05, 3.63) is 18.0 Å². The van der Waals surface area contributed by atoms with Gasteiger partial charge in [-0.3, -0.25) is 16.0 Å². The molecule has 0 aliphatic heterocycles. The van der Waals surface area contributed by atoms with Crippen LogP contribution in [0.5, 0.6) is 0 Å². The average molecular weight is 197 g/mol. The molecule has 80 valence electrons. The molecule has 0 bridgehead atoms. The Morgan fingerprint density at radius 3 is 2.86 bits per heavy atom. The second kappa shape index (κ2) is 5.09. The predicted octanol–water partition coefficient (Wildman–Crippen LogP) is -0.0310. The van der Waals surface area contributed by atoms with Crippen LogP contribution in [0, 0.1) is 0 Å². The van der Waals surface area contributed by atoms with Gasteiger partial charge >= 0.3 is 0 Å². The molecule has 0 saturated heterocycles. The van der Waals surface area contributed by atoms with Gasteiger partial charge in [-0.25, -0.2) is 0 Å². The molecule has 0 radical (unpaired) electrons. The highest BCUT2D eigenvalue weighted by Gasteiger charge is 2.14. The number of hydrogen-bond donors (Lipinski definition) is 2. The van der Waals surface area contributed by atoms with Gasteiger partial charge in [0.1, 0.15) is 0 Å². The van der Waals surface area contributed by atoms with Crippen molar-refractivity contribution in [1.29, 1.82) is 0 Å². The topological polar surface area (TPSA) is 59.1 Å². The number of nitrogens with one attached hydrogen (secondary N) is 1. The Bertz CT molecular complexity index is 268. The van der Waals surface area contributed by atoms with Gasteiger partial charge in [-0.1, -0.05) is 0 Å². The molecule has 5 nitrogen and oxygen atoms in total. The average Bonchev–Trinajstić information content (AvgIpc) is 2.61. The lowest BCUT2D eigenvalue weighted by atomic mass is 10.2. The van der Waals surface area contributed by atoms with Gasteiger partial charge in [0, 0.05) is 19.3 Å². The van der Waals surface area contributed by atoms with Crippen LogP contribution in [0.15, 0.2) is 12.3 Å². The molecule has 1 aromatic rings. The van der Waals surface area contributed by atoms with E-state index in [-0.39, 0.29) is 6.04 Å². The summed E-state index contributed by atoms with van der Waals surface area (Å²) in [6.07, 6.45) is 1.80. The molecular formula is C9H19N5. The fourth-order valence-electron chi connectivity index (χ4n) is 1.50. The summed E-state index contributed by atoms with van der Waals surface area (Å²) in [6, 6.07) is 2.13. The molecule has 3 N–H and O–H groups in total. The summed E-state index contributed by atoms with van der Waals surface area (Å²) in [5.41, 5.74) is 3.94. The van der Waals surface area contributed by atoms with Crippen LogP contribution in [-0.2, 0) is 6.54 Å². The highest BCUT2D eigenvalue weighted by Crippen LogP contribution is 2.11. The Morgan fingerprint density at radius 1 is 1.64 bits per heavy atom. The zero-order valence-corrected chi connectivity index (χ0v) is 9.07. The van der Waals surface area contributed by atoms with E-state index >= 15 is 0 Å². The molecule has 1 aromatic heterocycles. The lowest BCUT2D eigenvalue weighted by Gasteiger charge is -2.20. The van der Waals surface area contributed by atoms with Crippen LogP contribution in [0.4, 0.5) is 0 Å². The first kappa shape index (κ1) is 11.2. The molecule has 1 atom stereocenters. The molecule has 1 heterocycles. The first-order chi connectivity index (χ1) is 6.69. The largest absolute Gasteiger partial charge is 0.307 e. The number of rotatable bonds is 5. The van der Waals surface area contributed by atoms with Gasteiger partial charge in [0.25, 0.3) is 0 Å². The van der Waals surface area contributed by atoms with Crippen molar-refractivity contribution in [2.45, 2.75) is 19.5 Å². The summed E-state index contributed by atoms with van der Waals surface area (Å²) >= 11 is 0. The molecule has 14 heavy (non-hydrogen) atoms. The molecule has 5 heteroatoms. The lowest BCUT2D eigenvalue weighted by Crippen LogP contribution is -2.36. The van der Waals surface area contributed by atoms with E-state index < -0.39 is 0 Å². The van der Waals surface area contributed by atoms with Crippen LogP contribution in [0.3, 0.4) is 0 Å². The summed E-state index contributed by atoms with van der Waals surface area (Å²) in [7, 11) is 4.05. The Labute approximate surface area is 84.8 Å². The van der Waals surface area contributed by atoms with Crippen molar-refractivity contribution >= 4 is 0 Å². The number of aromatic nitrogens is 2. The summed E-state index contributed by atoms with van der Waals surface area (Å²) in [4.78, 5) is 2.09. The van der Waals surface area contributed by atoms with E-state index in [9.17, 15) is 0 Å². The zero-order chi connectivity index (χ0) is 10.6. The molecule has 0 fully saturated rings. The highest BCUT2D eigenvalue weighted by molar-refractivity contribution is 5.07. The minimum absolute atomic E-state index is 0.132. The molecular weight excluding hydrogens is 178 g/mol. The third kappa shape index (κ3) is 2.54. The number of nitrogens with zero attached hydrogens (tertiary/aromatic N) is 3. The number of hydrazine groups is 1. The van der Waals surface area contributed by atoms with Crippen LogP contribution >= 0.6 is 0 Å². The van der Waals surface area contributed by atoms with Crippen molar-refractivity contribution in [3.63, 3.8) is 0 Å². The van der Waals surface area contributed by atoms with Crippen molar-refractivity contribution in [2.75, 3.05) is 20.6 Å². The van der Waals surface area contributed by atoms with Gasteiger partial charge in [-0.2, -0.15) is 5.10 Å². The van der Waals surface area contributed by atoms with Crippen LogP contribution in [0.25, 0.3) is 0 Å². The first-order valence-corrected chi connectivity index (χ1v) is 4.81. The van der Waals surface area contributed by atoms with E-state index in [0.29, 0.717) is 0 Å². The number of hydrogen-bond acceptors (Lipinski definition) is 4.